The molecule has 4 nitrogen and oxygen atoms in total. The largest absolute Gasteiger partial charge is 0.481 e. The van der Waals surface area contributed by atoms with Gasteiger partial charge >= 0.3 is 5.97 Å². The van der Waals surface area contributed by atoms with Gasteiger partial charge in [-0.25, -0.2) is 4.39 Å². The maximum atomic E-state index is 13.1. The van der Waals surface area contributed by atoms with E-state index in [0.717, 1.165) is 12.1 Å². The Kier molecular flexibility index (Phi) is 3.13. The van der Waals surface area contributed by atoms with Crippen molar-refractivity contribution in [3.05, 3.63) is 35.1 Å². The van der Waals surface area contributed by atoms with Crippen molar-refractivity contribution in [1.82, 2.24) is 0 Å². The molecule has 0 amide bonds. The van der Waals surface area contributed by atoms with Crippen molar-refractivity contribution in [1.29, 1.82) is 5.26 Å². The van der Waals surface area contributed by atoms with Crippen molar-refractivity contribution in [2.75, 3.05) is 0 Å². The van der Waals surface area contributed by atoms with Crippen molar-refractivity contribution >= 4 is 11.8 Å². The molecular formula is C10H6FNO3. The van der Waals surface area contributed by atoms with Crippen LogP contribution in [0, 0.1) is 17.1 Å². The monoisotopic (exact) mass is 207 g/mol. The molecule has 5 heteroatoms. The minimum absolute atomic E-state index is 0.116. The molecule has 0 saturated heterocycles. The first-order valence-electron chi connectivity index (χ1n) is 3.99. The number of nitrogens with zero attached hydrogens (tertiary/aromatic N) is 1. The fourth-order valence-electron chi connectivity index (χ4n) is 1.04. The Morgan fingerprint density at radius 3 is 2.67 bits per heavy atom. The van der Waals surface area contributed by atoms with Gasteiger partial charge in [-0.1, -0.05) is 0 Å². The molecule has 0 aromatic heterocycles. The summed E-state index contributed by atoms with van der Waals surface area (Å²) in [7, 11) is 0. The van der Waals surface area contributed by atoms with Crippen LogP contribution in [0.2, 0.25) is 0 Å². The number of aliphatic carboxylic acids is 1. The van der Waals surface area contributed by atoms with Gasteiger partial charge in [0.05, 0.1) is 17.2 Å². The second kappa shape index (κ2) is 4.33. The number of rotatable bonds is 3. The average Bonchev–Trinajstić information content (AvgIpc) is 2.17. The third-order valence-corrected chi connectivity index (χ3v) is 1.71. The quantitative estimate of drug-likeness (QED) is 0.599. The van der Waals surface area contributed by atoms with Crippen molar-refractivity contribution < 1.29 is 19.1 Å². The van der Waals surface area contributed by atoms with Gasteiger partial charge in [-0.05, 0) is 18.2 Å². The van der Waals surface area contributed by atoms with Gasteiger partial charge in [-0.2, -0.15) is 5.26 Å². The first-order valence-corrected chi connectivity index (χ1v) is 3.99. The topological polar surface area (TPSA) is 78.2 Å². The van der Waals surface area contributed by atoms with Gasteiger partial charge < -0.3 is 5.11 Å². The minimum Gasteiger partial charge on any atom is -0.481 e. The first-order chi connectivity index (χ1) is 7.04. The summed E-state index contributed by atoms with van der Waals surface area (Å²) in [4.78, 5) is 21.5. The van der Waals surface area contributed by atoms with Crippen molar-refractivity contribution in [3.8, 4) is 6.07 Å². The zero-order valence-corrected chi connectivity index (χ0v) is 7.53. The SMILES string of the molecule is N#Cc1ccc(F)c(C(=O)CC(=O)O)c1. The zero-order valence-electron chi connectivity index (χ0n) is 7.53. The molecule has 0 atom stereocenters. The molecule has 0 aliphatic rings. The van der Waals surface area contributed by atoms with Crippen molar-refractivity contribution in [2.45, 2.75) is 6.42 Å². The fourth-order valence-corrected chi connectivity index (χ4v) is 1.04. The molecule has 1 aromatic rings. The normalized spacial score (nSPS) is 9.33. The molecule has 0 aliphatic heterocycles. The summed E-state index contributed by atoms with van der Waals surface area (Å²) in [5, 5.41) is 16.9. The molecule has 0 radical (unpaired) electrons. The maximum absolute atomic E-state index is 13.1. The third kappa shape index (κ3) is 2.61. The number of hydrogen-bond acceptors (Lipinski definition) is 3. The van der Waals surface area contributed by atoms with Crippen LogP contribution < -0.4 is 0 Å². The first kappa shape index (κ1) is 10.9. The number of hydrogen-bond donors (Lipinski definition) is 1. The predicted molar refractivity (Wildman–Crippen MR) is 47.7 cm³/mol. The predicted octanol–water partition coefficient (Wildman–Crippen LogP) is 1.35. The number of carbonyl (C=O) groups excluding carboxylic acids is 1. The highest BCUT2D eigenvalue weighted by atomic mass is 19.1. The van der Waals surface area contributed by atoms with Crippen molar-refractivity contribution in [3.63, 3.8) is 0 Å². The van der Waals surface area contributed by atoms with E-state index >= 15 is 0 Å². The molecule has 0 unspecified atom stereocenters. The second-order valence-corrected chi connectivity index (χ2v) is 2.80. The Bertz CT molecular complexity index is 462. The molecule has 0 aliphatic carbocycles. The van der Waals surface area contributed by atoms with Crippen LogP contribution in [-0.2, 0) is 4.79 Å². The van der Waals surface area contributed by atoms with E-state index in [1.54, 1.807) is 6.07 Å². The Labute approximate surface area is 84.6 Å². The van der Waals surface area contributed by atoms with Gasteiger partial charge in [-0.3, -0.25) is 9.59 Å². The number of benzene rings is 1. The zero-order chi connectivity index (χ0) is 11.4. The number of carbonyl (C=O) groups is 2. The minimum atomic E-state index is -1.33. The molecule has 0 bridgehead atoms. The van der Waals surface area contributed by atoms with E-state index in [1.165, 1.54) is 6.07 Å². The lowest BCUT2D eigenvalue weighted by Crippen LogP contribution is -2.09. The van der Waals surface area contributed by atoms with Gasteiger partial charge in [-0.15, -0.1) is 0 Å². The highest BCUT2D eigenvalue weighted by molar-refractivity contribution is 6.05. The Morgan fingerprint density at radius 2 is 2.13 bits per heavy atom. The van der Waals surface area contributed by atoms with E-state index < -0.39 is 24.0 Å². The summed E-state index contributed by atoms with van der Waals surface area (Å²) in [5.41, 5.74) is -0.249. The standard InChI is InChI=1S/C10H6FNO3/c11-8-2-1-6(5-12)3-7(8)9(13)4-10(14)15/h1-3H,4H2,(H,14,15). The Balaban J connectivity index is 3.08. The Morgan fingerprint density at radius 1 is 1.47 bits per heavy atom. The molecule has 1 aromatic carbocycles. The van der Waals surface area contributed by atoms with Crippen LogP contribution in [0.25, 0.3) is 0 Å². The van der Waals surface area contributed by atoms with E-state index in [1.807, 2.05) is 0 Å². The molecule has 0 fully saturated rings. The average molecular weight is 207 g/mol. The molecule has 0 heterocycles. The fraction of sp³-hybridized carbons (Fsp3) is 0.100. The van der Waals surface area contributed by atoms with Crippen LogP contribution in [0.1, 0.15) is 22.3 Å². The number of halogens is 1. The van der Waals surface area contributed by atoms with Gasteiger partial charge in [0.25, 0.3) is 0 Å². The molecule has 15 heavy (non-hydrogen) atoms. The van der Waals surface area contributed by atoms with E-state index in [9.17, 15) is 14.0 Å². The number of nitriles is 1. The van der Waals surface area contributed by atoms with Crippen LogP contribution in [0.3, 0.4) is 0 Å². The second-order valence-electron chi connectivity index (χ2n) is 2.80. The summed E-state index contributed by atoms with van der Waals surface area (Å²) < 4.78 is 13.1. The lowest BCUT2D eigenvalue weighted by molar-refractivity contribution is -0.135. The van der Waals surface area contributed by atoms with Gasteiger partial charge in [0.15, 0.2) is 5.78 Å². The summed E-state index contributed by atoms with van der Waals surface area (Å²) in [6.45, 7) is 0. The van der Waals surface area contributed by atoms with E-state index in [0.29, 0.717) is 0 Å². The van der Waals surface area contributed by atoms with Gasteiger partial charge in [0.1, 0.15) is 12.2 Å². The number of Topliss-reactive ketones (excluding diaryl/α,β-unsaturated/α-hetero) is 1. The van der Waals surface area contributed by atoms with Crippen LogP contribution >= 0.6 is 0 Å². The highest BCUT2D eigenvalue weighted by Gasteiger charge is 2.15. The summed E-state index contributed by atoms with van der Waals surface area (Å²) in [6.07, 6.45) is -0.786. The lowest BCUT2D eigenvalue weighted by atomic mass is 10.1. The Hall–Kier alpha value is -2.22. The molecule has 76 valence electrons. The smallest absolute Gasteiger partial charge is 0.311 e. The van der Waals surface area contributed by atoms with E-state index in [4.69, 9.17) is 10.4 Å². The molecule has 0 spiro atoms. The molecule has 1 rings (SSSR count). The van der Waals surface area contributed by atoms with Crippen LogP contribution in [-0.4, -0.2) is 16.9 Å². The molecule has 0 saturated carbocycles. The van der Waals surface area contributed by atoms with E-state index in [-0.39, 0.29) is 11.1 Å². The van der Waals surface area contributed by atoms with Crippen LogP contribution in [0.15, 0.2) is 18.2 Å². The van der Waals surface area contributed by atoms with Crippen molar-refractivity contribution in [2.24, 2.45) is 0 Å². The number of carboxylic acids is 1. The third-order valence-electron chi connectivity index (χ3n) is 1.71. The lowest BCUT2D eigenvalue weighted by Gasteiger charge is -2.00. The number of ketones is 1. The maximum Gasteiger partial charge on any atom is 0.311 e. The van der Waals surface area contributed by atoms with E-state index in [2.05, 4.69) is 0 Å². The summed E-state index contributed by atoms with van der Waals surface area (Å²) in [5.74, 6) is -3.00. The summed E-state index contributed by atoms with van der Waals surface area (Å²) in [6, 6.07) is 4.96. The summed E-state index contributed by atoms with van der Waals surface area (Å²) >= 11 is 0. The van der Waals surface area contributed by atoms with Crippen LogP contribution in [0.4, 0.5) is 4.39 Å². The molecular weight excluding hydrogens is 201 g/mol. The highest BCUT2D eigenvalue weighted by Crippen LogP contribution is 2.12. The number of carboxylic acid groups (broad SMARTS) is 1. The van der Waals surface area contributed by atoms with Gasteiger partial charge in [0.2, 0.25) is 0 Å². The van der Waals surface area contributed by atoms with Gasteiger partial charge in [0, 0.05) is 0 Å². The molecule has 1 N–H and O–H groups in total. The van der Waals surface area contributed by atoms with Crippen LogP contribution in [0.5, 0.6) is 0 Å².